The molecule has 0 heterocycles. The monoisotopic (exact) mass is 251 g/mol. The van der Waals surface area contributed by atoms with Crippen molar-refractivity contribution >= 4 is 0 Å². The highest BCUT2D eigenvalue weighted by atomic mass is 19.1. The maximum Gasteiger partial charge on any atom is 0.129 e. The maximum atomic E-state index is 13.6. The summed E-state index contributed by atoms with van der Waals surface area (Å²) in [4.78, 5) is 2.24. The van der Waals surface area contributed by atoms with Crippen molar-refractivity contribution in [1.82, 2.24) is 4.90 Å². The van der Waals surface area contributed by atoms with Crippen molar-refractivity contribution < 1.29 is 9.50 Å². The minimum Gasteiger partial charge on any atom is -0.388 e. The number of halogens is 1. The summed E-state index contributed by atoms with van der Waals surface area (Å²) >= 11 is 0. The average molecular weight is 251 g/mol. The zero-order valence-electron chi connectivity index (χ0n) is 11.1. The van der Waals surface area contributed by atoms with E-state index in [2.05, 4.69) is 11.9 Å². The second kappa shape index (κ2) is 5.81. The molecule has 0 aromatic heterocycles. The SMILES string of the molecule is CC(CN(C)CC1CC1)C(O)c1ccccc1F. The molecule has 0 bridgehead atoms. The molecule has 1 saturated carbocycles. The highest BCUT2D eigenvalue weighted by molar-refractivity contribution is 5.20. The van der Waals surface area contributed by atoms with E-state index in [0.717, 1.165) is 19.0 Å². The van der Waals surface area contributed by atoms with E-state index in [9.17, 15) is 9.50 Å². The lowest BCUT2D eigenvalue weighted by Gasteiger charge is -2.25. The first-order chi connectivity index (χ1) is 8.58. The van der Waals surface area contributed by atoms with E-state index in [1.54, 1.807) is 18.2 Å². The highest BCUT2D eigenvalue weighted by Crippen LogP contribution is 2.30. The fraction of sp³-hybridized carbons (Fsp3) is 0.600. The largest absolute Gasteiger partial charge is 0.388 e. The summed E-state index contributed by atoms with van der Waals surface area (Å²) in [6.45, 7) is 3.86. The molecule has 0 radical (unpaired) electrons. The minimum absolute atomic E-state index is 0.0330. The van der Waals surface area contributed by atoms with Gasteiger partial charge in [-0.15, -0.1) is 0 Å². The van der Waals surface area contributed by atoms with Crippen LogP contribution in [0.5, 0.6) is 0 Å². The van der Waals surface area contributed by atoms with Crippen molar-refractivity contribution in [1.29, 1.82) is 0 Å². The van der Waals surface area contributed by atoms with Gasteiger partial charge in [0.05, 0.1) is 6.10 Å². The molecule has 18 heavy (non-hydrogen) atoms. The third-order valence-corrected chi connectivity index (χ3v) is 3.63. The van der Waals surface area contributed by atoms with E-state index >= 15 is 0 Å². The summed E-state index contributed by atoms with van der Waals surface area (Å²) in [5.41, 5.74) is 0.407. The first kappa shape index (κ1) is 13.5. The Bertz CT molecular complexity index is 392. The van der Waals surface area contributed by atoms with Crippen LogP contribution in [0.4, 0.5) is 4.39 Å². The highest BCUT2D eigenvalue weighted by Gasteiger charge is 2.25. The summed E-state index contributed by atoms with van der Waals surface area (Å²) in [6.07, 6.45) is 1.93. The molecule has 0 amide bonds. The molecule has 1 aliphatic carbocycles. The first-order valence-electron chi connectivity index (χ1n) is 6.69. The van der Waals surface area contributed by atoms with Crippen molar-refractivity contribution in [3.8, 4) is 0 Å². The van der Waals surface area contributed by atoms with Gasteiger partial charge in [0.25, 0.3) is 0 Å². The fourth-order valence-corrected chi connectivity index (χ4v) is 2.43. The van der Waals surface area contributed by atoms with E-state index in [0.29, 0.717) is 5.56 Å². The number of hydrogen-bond acceptors (Lipinski definition) is 2. The Balaban J connectivity index is 1.91. The summed E-state index contributed by atoms with van der Waals surface area (Å²) in [7, 11) is 2.07. The molecule has 2 rings (SSSR count). The van der Waals surface area contributed by atoms with Gasteiger partial charge in [-0.2, -0.15) is 0 Å². The first-order valence-corrected chi connectivity index (χ1v) is 6.69. The zero-order valence-corrected chi connectivity index (χ0v) is 11.1. The van der Waals surface area contributed by atoms with Crippen molar-refractivity contribution in [2.45, 2.75) is 25.9 Å². The van der Waals surface area contributed by atoms with E-state index in [1.807, 2.05) is 6.92 Å². The average Bonchev–Trinajstić information content (AvgIpc) is 3.12. The van der Waals surface area contributed by atoms with Gasteiger partial charge in [0.2, 0.25) is 0 Å². The van der Waals surface area contributed by atoms with Crippen LogP contribution in [0.25, 0.3) is 0 Å². The molecule has 1 N–H and O–H groups in total. The quantitative estimate of drug-likeness (QED) is 0.840. The van der Waals surface area contributed by atoms with Crippen LogP contribution in [-0.2, 0) is 0 Å². The van der Waals surface area contributed by atoms with Crippen molar-refractivity contribution in [3.63, 3.8) is 0 Å². The third-order valence-electron chi connectivity index (χ3n) is 3.63. The Morgan fingerprint density at radius 2 is 2.06 bits per heavy atom. The van der Waals surface area contributed by atoms with Gasteiger partial charge in [0.15, 0.2) is 0 Å². The minimum atomic E-state index is -0.729. The number of rotatable bonds is 6. The van der Waals surface area contributed by atoms with Gasteiger partial charge < -0.3 is 10.0 Å². The Hall–Kier alpha value is -0.930. The van der Waals surface area contributed by atoms with Crippen LogP contribution in [0.2, 0.25) is 0 Å². The van der Waals surface area contributed by atoms with Crippen LogP contribution < -0.4 is 0 Å². The zero-order chi connectivity index (χ0) is 13.1. The van der Waals surface area contributed by atoms with E-state index in [1.165, 1.54) is 18.9 Å². The smallest absolute Gasteiger partial charge is 0.129 e. The Kier molecular flexibility index (Phi) is 4.36. The summed E-state index contributed by atoms with van der Waals surface area (Å²) in [5, 5.41) is 10.2. The molecule has 100 valence electrons. The van der Waals surface area contributed by atoms with Crippen molar-refractivity contribution in [2.75, 3.05) is 20.1 Å². The lowest BCUT2D eigenvalue weighted by molar-refractivity contribution is 0.0907. The second-order valence-electron chi connectivity index (χ2n) is 5.61. The molecule has 2 nitrogen and oxygen atoms in total. The number of aliphatic hydroxyl groups is 1. The van der Waals surface area contributed by atoms with Crippen LogP contribution in [-0.4, -0.2) is 30.1 Å². The maximum absolute atomic E-state index is 13.6. The summed E-state index contributed by atoms with van der Waals surface area (Å²) in [5.74, 6) is 0.556. The number of benzene rings is 1. The third kappa shape index (κ3) is 3.53. The molecule has 2 atom stereocenters. The number of nitrogens with zero attached hydrogens (tertiary/aromatic N) is 1. The predicted octanol–water partition coefficient (Wildman–Crippen LogP) is 2.84. The van der Waals surface area contributed by atoms with E-state index < -0.39 is 6.10 Å². The molecule has 3 heteroatoms. The predicted molar refractivity (Wildman–Crippen MR) is 70.7 cm³/mol. The molecule has 2 unspecified atom stereocenters. The molecule has 1 aromatic carbocycles. The Labute approximate surface area is 108 Å². The standard InChI is InChI=1S/C15H22FNO/c1-11(9-17(2)10-12-7-8-12)15(18)13-5-3-4-6-14(13)16/h3-6,11-12,15,18H,7-10H2,1-2H3. The molecule has 0 spiro atoms. The van der Waals surface area contributed by atoms with Gasteiger partial charge in [0.1, 0.15) is 5.82 Å². The summed E-state index contributed by atoms with van der Waals surface area (Å²) < 4.78 is 13.6. The lowest BCUT2D eigenvalue weighted by atomic mass is 9.96. The Morgan fingerprint density at radius 1 is 1.39 bits per heavy atom. The molecular weight excluding hydrogens is 229 g/mol. The van der Waals surface area contributed by atoms with Crippen LogP contribution in [0, 0.1) is 17.7 Å². The van der Waals surface area contributed by atoms with Crippen LogP contribution >= 0.6 is 0 Å². The molecule has 1 fully saturated rings. The molecule has 0 saturated heterocycles. The van der Waals surface area contributed by atoms with E-state index in [4.69, 9.17) is 0 Å². The van der Waals surface area contributed by atoms with Crippen LogP contribution in [0.1, 0.15) is 31.4 Å². The van der Waals surface area contributed by atoms with Gasteiger partial charge in [-0.25, -0.2) is 4.39 Å². The number of aliphatic hydroxyl groups excluding tert-OH is 1. The van der Waals surface area contributed by atoms with Gasteiger partial charge in [-0.3, -0.25) is 0 Å². The van der Waals surface area contributed by atoms with Gasteiger partial charge in [-0.1, -0.05) is 25.1 Å². The molecule has 0 aliphatic heterocycles. The van der Waals surface area contributed by atoms with Crippen molar-refractivity contribution in [3.05, 3.63) is 35.6 Å². The fourth-order valence-electron chi connectivity index (χ4n) is 2.43. The van der Waals surface area contributed by atoms with E-state index in [-0.39, 0.29) is 11.7 Å². The van der Waals surface area contributed by atoms with Crippen LogP contribution in [0.3, 0.4) is 0 Å². The Morgan fingerprint density at radius 3 is 2.67 bits per heavy atom. The van der Waals surface area contributed by atoms with Gasteiger partial charge >= 0.3 is 0 Å². The lowest BCUT2D eigenvalue weighted by Crippen LogP contribution is -2.29. The summed E-state index contributed by atoms with van der Waals surface area (Å²) in [6, 6.07) is 6.48. The normalized spacial score (nSPS) is 18.9. The van der Waals surface area contributed by atoms with Crippen molar-refractivity contribution in [2.24, 2.45) is 11.8 Å². The van der Waals surface area contributed by atoms with Crippen LogP contribution in [0.15, 0.2) is 24.3 Å². The molecule has 1 aliphatic rings. The second-order valence-corrected chi connectivity index (χ2v) is 5.61. The van der Waals surface area contributed by atoms with Gasteiger partial charge in [-0.05, 0) is 37.8 Å². The van der Waals surface area contributed by atoms with Gasteiger partial charge in [0, 0.05) is 18.7 Å². The topological polar surface area (TPSA) is 23.5 Å². The molecule has 1 aromatic rings. The number of hydrogen-bond donors (Lipinski definition) is 1. The molecular formula is C15H22FNO.